The minimum absolute atomic E-state index is 0.219. The van der Waals surface area contributed by atoms with Crippen LogP contribution in [0.3, 0.4) is 0 Å². The van der Waals surface area contributed by atoms with Crippen LogP contribution in [-0.2, 0) is 13.2 Å². The number of ether oxygens (including phenoxy) is 1. The van der Waals surface area contributed by atoms with E-state index >= 15 is 0 Å². The normalized spacial score (nSPS) is 11.0. The van der Waals surface area contributed by atoms with Crippen molar-refractivity contribution in [1.29, 1.82) is 0 Å². The van der Waals surface area contributed by atoms with Gasteiger partial charge < -0.3 is 10.5 Å². The molecule has 0 atom stereocenters. The summed E-state index contributed by atoms with van der Waals surface area (Å²) in [6.07, 6.45) is 1.89. The Balaban J connectivity index is 2.01. The number of hydrogen-bond acceptors (Lipinski definition) is 3. The summed E-state index contributed by atoms with van der Waals surface area (Å²) in [4.78, 5) is 0. The fraction of sp³-hybridized carbons (Fsp3) is 0.357. The number of nitrogens with two attached hydrogens (primary N) is 1. The molecule has 4 nitrogen and oxygen atoms in total. The third-order valence-corrected chi connectivity index (χ3v) is 2.80. The molecule has 1 aromatic carbocycles. The van der Waals surface area contributed by atoms with Crippen LogP contribution < -0.4 is 10.5 Å². The summed E-state index contributed by atoms with van der Waals surface area (Å²) in [5, 5.41) is 4.34. The Kier molecular flexibility index (Phi) is 4.16. The van der Waals surface area contributed by atoms with Crippen molar-refractivity contribution < 1.29 is 9.13 Å². The number of halogens is 1. The fourth-order valence-corrected chi connectivity index (χ4v) is 1.68. The highest BCUT2D eigenvalue weighted by atomic mass is 19.1. The highest BCUT2D eigenvalue weighted by Crippen LogP contribution is 2.19. The first kappa shape index (κ1) is 13.5. The van der Waals surface area contributed by atoms with Gasteiger partial charge in [-0.05, 0) is 37.6 Å². The van der Waals surface area contributed by atoms with E-state index in [-0.39, 0.29) is 12.4 Å². The van der Waals surface area contributed by atoms with Crippen LogP contribution >= 0.6 is 0 Å². The van der Waals surface area contributed by atoms with Crippen LogP contribution in [0.4, 0.5) is 4.39 Å². The van der Waals surface area contributed by atoms with Gasteiger partial charge in [0.1, 0.15) is 6.61 Å². The second kappa shape index (κ2) is 5.84. The molecule has 1 aromatic heterocycles. The van der Waals surface area contributed by atoms with Crippen LogP contribution in [0.25, 0.3) is 0 Å². The van der Waals surface area contributed by atoms with Crippen LogP contribution in [0, 0.1) is 5.82 Å². The van der Waals surface area contributed by atoms with E-state index in [1.54, 1.807) is 12.1 Å². The zero-order chi connectivity index (χ0) is 13.8. The lowest BCUT2D eigenvalue weighted by molar-refractivity contribution is 0.283. The van der Waals surface area contributed by atoms with Crippen molar-refractivity contribution in [3.05, 3.63) is 47.5 Å². The fourth-order valence-electron chi connectivity index (χ4n) is 1.68. The monoisotopic (exact) mass is 263 g/mol. The summed E-state index contributed by atoms with van der Waals surface area (Å²) in [5.74, 6) is -0.178. The number of hydrogen-bond donors (Lipinski definition) is 1. The van der Waals surface area contributed by atoms with Crippen molar-refractivity contribution in [3.8, 4) is 5.75 Å². The topological polar surface area (TPSA) is 53.1 Å². The molecule has 0 aliphatic heterocycles. The van der Waals surface area contributed by atoms with Crippen LogP contribution in [0.2, 0.25) is 0 Å². The minimum Gasteiger partial charge on any atom is -0.484 e. The van der Waals surface area contributed by atoms with Gasteiger partial charge in [-0.2, -0.15) is 5.10 Å². The van der Waals surface area contributed by atoms with Gasteiger partial charge in [0.05, 0.1) is 5.69 Å². The molecule has 19 heavy (non-hydrogen) atoms. The quantitative estimate of drug-likeness (QED) is 0.902. The molecule has 0 unspecified atom stereocenters. The third-order valence-electron chi connectivity index (χ3n) is 2.80. The van der Waals surface area contributed by atoms with Crippen molar-refractivity contribution in [2.24, 2.45) is 5.73 Å². The van der Waals surface area contributed by atoms with Gasteiger partial charge in [-0.15, -0.1) is 0 Å². The van der Waals surface area contributed by atoms with Gasteiger partial charge in [-0.3, -0.25) is 4.68 Å². The Morgan fingerprint density at radius 2 is 2.16 bits per heavy atom. The van der Waals surface area contributed by atoms with Gasteiger partial charge in [0, 0.05) is 18.8 Å². The lowest BCUT2D eigenvalue weighted by atomic mass is 10.2. The number of benzene rings is 1. The van der Waals surface area contributed by atoms with Crippen molar-refractivity contribution in [3.63, 3.8) is 0 Å². The summed E-state index contributed by atoms with van der Waals surface area (Å²) in [6.45, 7) is 4.65. The Hall–Kier alpha value is -1.88. The predicted molar refractivity (Wildman–Crippen MR) is 71.2 cm³/mol. The van der Waals surface area contributed by atoms with Crippen molar-refractivity contribution in [2.45, 2.75) is 33.0 Å². The molecule has 0 fully saturated rings. The molecule has 0 saturated carbocycles. The minimum atomic E-state index is -0.397. The Labute approximate surface area is 112 Å². The summed E-state index contributed by atoms with van der Waals surface area (Å²) >= 11 is 0. The average molecular weight is 263 g/mol. The SMILES string of the molecule is CC(C)n1ccc(COc2ccc(CN)cc2F)n1. The molecule has 0 radical (unpaired) electrons. The third kappa shape index (κ3) is 3.32. The highest BCUT2D eigenvalue weighted by molar-refractivity contribution is 5.29. The van der Waals surface area contributed by atoms with Crippen molar-refractivity contribution in [2.75, 3.05) is 0 Å². The summed E-state index contributed by atoms with van der Waals surface area (Å²) in [6, 6.07) is 6.91. The summed E-state index contributed by atoms with van der Waals surface area (Å²) in [5.41, 5.74) is 6.96. The smallest absolute Gasteiger partial charge is 0.165 e. The van der Waals surface area contributed by atoms with Gasteiger partial charge in [0.15, 0.2) is 11.6 Å². The van der Waals surface area contributed by atoms with Gasteiger partial charge in [-0.1, -0.05) is 6.07 Å². The van der Waals surface area contributed by atoms with E-state index in [2.05, 4.69) is 5.10 Å². The first-order chi connectivity index (χ1) is 9.10. The molecule has 0 aliphatic rings. The number of rotatable bonds is 5. The molecule has 102 valence electrons. The molecule has 0 aliphatic carbocycles. The Morgan fingerprint density at radius 3 is 2.74 bits per heavy atom. The zero-order valence-corrected chi connectivity index (χ0v) is 11.1. The predicted octanol–water partition coefficient (Wildman–Crippen LogP) is 2.64. The van der Waals surface area contributed by atoms with Gasteiger partial charge in [-0.25, -0.2) is 4.39 Å². The maximum atomic E-state index is 13.7. The Bertz CT molecular complexity index is 551. The van der Waals surface area contributed by atoms with Gasteiger partial charge >= 0.3 is 0 Å². The summed E-state index contributed by atoms with van der Waals surface area (Å²) < 4.78 is 20.9. The van der Waals surface area contributed by atoms with Crippen molar-refractivity contribution >= 4 is 0 Å². The van der Waals surface area contributed by atoms with Crippen LogP contribution in [0.15, 0.2) is 30.5 Å². The van der Waals surface area contributed by atoms with E-state index in [9.17, 15) is 4.39 Å². The van der Waals surface area contributed by atoms with Crippen LogP contribution in [-0.4, -0.2) is 9.78 Å². The van der Waals surface area contributed by atoms with E-state index in [1.807, 2.05) is 30.8 Å². The molecule has 2 N–H and O–H groups in total. The molecular weight excluding hydrogens is 245 g/mol. The molecule has 1 heterocycles. The molecule has 2 aromatic rings. The maximum Gasteiger partial charge on any atom is 0.165 e. The average Bonchev–Trinajstić information content (AvgIpc) is 2.86. The largest absolute Gasteiger partial charge is 0.484 e. The molecular formula is C14H18FN3O. The maximum absolute atomic E-state index is 13.7. The first-order valence-corrected chi connectivity index (χ1v) is 6.25. The highest BCUT2D eigenvalue weighted by Gasteiger charge is 2.07. The second-order valence-corrected chi connectivity index (χ2v) is 4.64. The summed E-state index contributed by atoms with van der Waals surface area (Å²) in [7, 11) is 0. The Morgan fingerprint density at radius 1 is 1.37 bits per heavy atom. The van der Waals surface area contributed by atoms with E-state index in [1.165, 1.54) is 6.07 Å². The number of aromatic nitrogens is 2. The molecule has 0 bridgehead atoms. The molecule has 2 rings (SSSR count). The van der Waals surface area contributed by atoms with Crippen LogP contribution in [0.5, 0.6) is 5.75 Å². The van der Waals surface area contributed by atoms with Crippen molar-refractivity contribution in [1.82, 2.24) is 9.78 Å². The lowest BCUT2D eigenvalue weighted by Crippen LogP contribution is -2.04. The zero-order valence-electron chi connectivity index (χ0n) is 11.1. The van der Waals surface area contributed by atoms with E-state index in [0.717, 1.165) is 11.3 Å². The van der Waals surface area contributed by atoms with Crippen LogP contribution in [0.1, 0.15) is 31.1 Å². The van der Waals surface area contributed by atoms with Gasteiger partial charge in [0.25, 0.3) is 0 Å². The van der Waals surface area contributed by atoms with Gasteiger partial charge in [0.2, 0.25) is 0 Å². The molecule has 0 spiro atoms. The lowest BCUT2D eigenvalue weighted by Gasteiger charge is -2.07. The van der Waals surface area contributed by atoms with E-state index in [0.29, 0.717) is 12.6 Å². The molecule has 0 amide bonds. The molecule has 0 saturated heterocycles. The molecule has 5 heteroatoms. The second-order valence-electron chi connectivity index (χ2n) is 4.64. The first-order valence-electron chi connectivity index (χ1n) is 6.25. The standard InChI is InChI=1S/C14H18FN3O/c1-10(2)18-6-5-12(17-18)9-19-14-4-3-11(8-16)7-13(14)15/h3-7,10H,8-9,16H2,1-2H3. The van der Waals surface area contributed by atoms with E-state index < -0.39 is 5.82 Å². The van der Waals surface area contributed by atoms with E-state index in [4.69, 9.17) is 10.5 Å². The number of nitrogens with zero attached hydrogens (tertiary/aromatic N) is 2.